The molecule has 88 valence electrons. The number of aromatic nitrogens is 2. The van der Waals surface area contributed by atoms with Gasteiger partial charge in [0.15, 0.2) is 0 Å². The van der Waals surface area contributed by atoms with Gasteiger partial charge in [-0.15, -0.1) is 11.3 Å². The Hall–Kier alpha value is -0.870. The Balaban J connectivity index is 1.95. The van der Waals surface area contributed by atoms with Gasteiger partial charge in [-0.3, -0.25) is 0 Å². The largest absolute Gasteiger partial charge is 0.367 e. The molecule has 17 heavy (non-hydrogen) atoms. The summed E-state index contributed by atoms with van der Waals surface area (Å²) >= 11 is 7.78. The summed E-state index contributed by atoms with van der Waals surface area (Å²) < 4.78 is 0. The number of hydrogen-bond acceptors (Lipinski definition) is 4. The molecule has 0 saturated heterocycles. The molecule has 2 aromatic heterocycles. The van der Waals surface area contributed by atoms with Gasteiger partial charge in [-0.25, -0.2) is 9.97 Å². The van der Waals surface area contributed by atoms with E-state index in [4.69, 9.17) is 11.6 Å². The second-order valence-corrected chi connectivity index (χ2v) is 6.22. The summed E-state index contributed by atoms with van der Waals surface area (Å²) in [5.41, 5.74) is 1.46. The maximum atomic E-state index is 5.99. The zero-order valence-electron chi connectivity index (χ0n) is 9.29. The number of halogens is 1. The Morgan fingerprint density at radius 3 is 2.94 bits per heavy atom. The molecule has 0 aromatic carbocycles. The Morgan fingerprint density at radius 1 is 1.24 bits per heavy atom. The van der Waals surface area contributed by atoms with Crippen LogP contribution in [0.1, 0.15) is 29.7 Å². The van der Waals surface area contributed by atoms with Gasteiger partial charge in [0, 0.05) is 10.9 Å². The molecular weight excluding hydrogens is 254 g/mol. The molecule has 0 radical (unpaired) electrons. The van der Waals surface area contributed by atoms with Gasteiger partial charge < -0.3 is 5.32 Å². The van der Waals surface area contributed by atoms with E-state index in [1.807, 2.05) is 0 Å². The standard InChI is InChI=1S/C12H12ClN3S/c13-12-15-10(14-6-4-5-6)9-7-2-1-3-8(7)17-11(9)16-12/h6H,1-5H2,(H,14,15,16). The van der Waals surface area contributed by atoms with E-state index in [1.165, 1.54) is 47.9 Å². The van der Waals surface area contributed by atoms with Crippen molar-refractivity contribution in [2.75, 3.05) is 5.32 Å². The molecular formula is C12H12ClN3S. The molecule has 2 aliphatic carbocycles. The van der Waals surface area contributed by atoms with Crippen molar-refractivity contribution in [1.29, 1.82) is 0 Å². The molecule has 5 heteroatoms. The van der Waals surface area contributed by atoms with E-state index in [0.29, 0.717) is 11.3 Å². The van der Waals surface area contributed by atoms with Crippen LogP contribution in [0.5, 0.6) is 0 Å². The highest BCUT2D eigenvalue weighted by molar-refractivity contribution is 7.19. The fourth-order valence-electron chi connectivity index (χ4n) is 2.50. The van der Waals surface area contributed by atoms with E-state index >= 15 is 0 Å². The van der Waals surface area contributed by atoms with Crippen LogP contribution in [0, 0.1) is 0 Å². The molecule has 0 aliphatic heterocycles. The number of aryl methyl sites for hydroxylation is 2. The van der Waals surface area contributed by atoms with Crippen molar-refractivity contribution in [2.45, 2.75) is 38.1 Å². The van der Waals surface area contributed by atoms with Crippen LogP contribution in [0.3, 0.4) is 0 Å². The lowest BCUT2D eigenvalue weighted by atomic mass is 10.2. The molecule has 1 saturated carbocycles. The summed E-state index contributed by atoms with van der Waals surface area (Å²) in [7, 11) is 0. The number of anilines is 1. The van der Waals surface area contributed by atoms with Crippen molar-refractivity contribution < 1.29 is 0 Å². The highest BCUT2D eigenvalue weighted by atomic mass is 35.5. The third-order valence-electron chi connectivity index (χ3n) is 3.46. The highest BCUT2D eigenvalue weighted by Gasteiger charge is 2.26. The fourth-order valence-corrected chi connectivity index (χ4v) is 3.98. The number of thiophene rings is 1. The van der Waals surface area contributed by atoms with Gasteiger partial charge in [-0.05, 0) is 49.3 Å². The predicted octanol–water partition coefficient (Wildman–Crippen LogP) is 3.41. The monoisotopic (exact) mass is 265 g/mol. The SMILES string of the molecule is Clc1nc(NC2CC2)c2c3c(sc2n1)CCC3. The maximum absolute atomic E-state index is 5.99. The minimum Gasteiger partial charge on any atom is -0.367 e. The van der Waals surface area contributed by atoms with Crippen LogP contribution in [-0.4, -0.2) is 16.0 Å². The van der Waals surface area contributed by atoms with E-state index in [1.54, 1.807) is 11.3 Å². The molecule has 2 heterocycles. The maximum Gasteiger partial charge on any atom is 0.225 e. The predicted molar refractivity (Wildman–Crippen MR) is 71.1 cm³/mol. The van der Waals surface area contributed by atoms with Crippen LogP contribution in [-0.2, 0) is 12.8 Å². The van der Waals surface area contributed by atoms with Gasteiger partial charge in [0.25, 0.3) is 0 Å². The van der Waals surface area contributed by atoms with E-state index < -0.39 is 0 Å². The minimum absolute atomic E-state index is 0.362. The van der Waals surface area contributed by atoms with Crippen LogP contribution in [0.15, 0.2) is 0 Å². The lowest BCUT2D eigenvalue weighted by molar-refractivity contribution is 0.917. The summed E-state index contributed by atoms with van der Waals surface area (Å²) in [6.45, 7) is 0. The normalized spacial score (nSPS) is 18.6. The Morgan fingerprint density at radius 2 is 2.12 bits per heavy atom. The van der Waals surface area contributed by atoms with Crippen LogP contribution < -0.4 is 5.32 Å². The molecule has 3 nitrogen and oxygen atoms in total. The smallest absolute Gasteiger partial charge is 0.225 e. The average Bonchev–Trinajstić information content (AvgIpc) is 2.85. The molecule has 0 spiro atoms. The molecule has 0 bridgehead atoms. The van der Waals surface area contributed by atoms with Gasteiger partial charge in [0.05, 0.1) is 5.39 Å². The third-order valence-corrected chi connectivity index (χ3v) is 4.81. The van der Waals surface area contributed by atoms with Gasteiger partial charge in [-0.2, -0.15) is 0 Å². The van der Waals surface area contributed by atoms with Crippen molar-refractivity contribution in [3.05, 3.63) is 15.7 Å². The second-order valence-electron chi connectivity index (χ2n) is 4.80. The van der Waals surface area contributed by atoms with Gasteiger partial charge in [-0.1, -0.05) is 0 Å². The third kappa shape index (κ3) is 1.62. The molecule has 4 rings (SSSR count). The van der Waals surface area contributed by atoms with Crippen molar-refractivity contribution in [3.8, 4) is 0 Å². The number of nitrogens with one attached hydrogen (secondary N) is 1. The quantitative estimate of drug-likeness (QED) is 0.846. The first-order valence-corrected chi connectivity index (χ1v) is 7.25. The highest BCUT2D eigenvalue weighted by Crippen LogP contribution is 2.40. The van der Waals surface area contributed by atoms with Crippen molar-refractivity contribution in [3.63, 3.8) is 0 Å². The van der Waals surface area contributed by atoms with Crippen LogP contribution in [0.25, 0.3) is 10.2 Å². The van der Waals surface area contributed by atoms with E-state index in [-0.39, 0.29) is 0 Å². The van der Waals surface area contributed by atoms with Crippen LogP contribution in [0.4, 0.5) is 5.82 Å². The first-order chi connectivity index (χ1) is 8.31. The number of rotatable bonds is 2. The Labute approximate surface area is 108 Å². The van der Waals surface area contributed by atoms with Crippen molar-refractivity contribution in [2.24, 2.45) is 0 Å². The molecule has 1 fully saturated rings. The molecule has 2 aliphatic rings. The summed E-state index contributed by atoms with van der Waals surface area (Å²) in [5, 5.41) is 5.08. The lowest BCUT2D eigenvalue weighted by Crippen LogP contribution is -2.04. The summed E-state index contributed by atoms with van der Waals surface area (Å²) in [4.78, 5) is 11.3. The van der Waals surface area contributed by atoms with E-state index in [9.17, 15) is 0 Å². The topological polar surface area (TPSA) is 37.8 Å². The van der Waals surface area contributed by atoms with Gasteiger partial charge >= 0.3 is 0 Å². The molecule has 0 amide bonds. The molecule has 2 aromatic rings. The summed E-state index contributed by atoms with van der Waals surface area (Å²) in [6.07, 6.45) is 6.12. The Bertz CT molecular complexity index is 603. The Kier molecular flexibility index (Phi) is 2.11. The van der Waals surface area contributed by atoms with E-state index in [0.717, 1.165) is 10.6 Å². The first-order valence-electron chi connectivity index (χ1n) is 6.05. The number of fused-ring (bicyclic) bond motifs is 3. The molecule has 0 atom stereocenters. The lowest BCUT2D eigenvalue weighted by Gasteiger charge is -2.06. The zero-order chi connectivity index (χ0) is 11.4. The molecule has 1 N–H and O–H groups in total. The number of hydrogen-bond donors (Lipinski definition) is 1. The number of nitrogens with zero attached hydrogens (tertiary/aromatic N) is 2. The molecule has 0 unspecified atom stereocenters. The van der Waals surface area contributed by atoms with Crippen LogP contribution >= 0.6 is 22.9 Å². The summed E-state index contributed by atoms with van der Waals surface area (Å²) in [6, 6.07) is 0.598. The second kappa shape index (κ2) is 3.56. The fraction of sp³-hybridized carbons (Fsp3) is 0.500. The average molecular weight is 266 g/mol. The van der Waals surface area contributed by atoms with E-state index in [2.05, 4.69) is 15.3 Å². The van der Waals surface area contributed by atoms with Crippen LogP contribution in [0.2, 0.25) is 5.28 Å². The van der Waals surface area contributed by atoms with Gasteiger partial charge in [0.1, 0.15) is 10.6 Å². The minimum atomic E-state index is 0.362. The first kappa shape index (κ1) is 10.1. The van der Waals surface area contributed by atoms with Crippen molar-refractivity contribution >= 4 is 39.0 Å². The zero-order valence-corrected chi connectivity index (χ0v) is 10.9. The van der Waals surface area contributed by atoms with Gasteiger partial charge in [0.2, 0.25) is 5.28 Å². The summed E-state index contributed by atoms with van der Waals surface area (Å²) in [5.74, 6) is 0.960. The van der Waals surface area contributed by atoms with Crippen molar-refractivity contribution in [1.82, 2.24) is 9.97 Å².